The summed E-state index contributed by atoms with van der Waals surface area (Å²) in [6.07, 6.45) is 0.608. The molecule has 1 aromatic heterocycles. The fraction of sp³-hybridized carbons (Fsp3) is 0.294. The molecule has 2 aromatic rings. The number of amides is 2. The molecule has 0 radical (unpaired) electrons. The number of hydrogen-bond donors (Lipinski definition) is 0. The molecule has 3 rings (SSSR count). The van der Waals surface area contributed by atoms with Crippen molar-refractivity contribution in [3.05, 3.63) is 63.1 Å². The van der Waals surface area contributed by atoms with Crippen LogP contribution >= 0.6 is 0 Å². The van der Waals surface area contributed by atoms with Gasteiger partial charge in [-0.25, -0.2) is 4.68 Å². The lowest BCUT2D eigenvalue weighted by molar-refractivity contribution is 0.0594. The normalized spacial score (nSPS) is 15.0. The third kappa shape index (κ3) is 2.27. The standard InChI is InChI=1S/C17H17N3O3/c1-4-14-13(9-15(21)19(3)18-14)10(2)20-16(22)11-7-5-6-8-12(11)17(20)23/h5-10H,4H2,1-3H3. The van der Waals surface area contributed by atoms with E-state index in [-0.39, 0.29) is 17.4 Å². The molecule has 2 amide bonds. The van der Waals surface area contributed by atoms with E-state index in [0.717, 1.165) is 0 Å². The first-order chi connectivity index (χ1) is 11.0. The second-order valence-corrected chi connectivity index (χ2v) is 5.56. The van der Waals surface area contributed by atoms with Crippen LogP contribution in [-0.2, 0) is 13.5 Å². The summed E-state index contributed by atoms with van der Waals surface area (Å²) in [6, 6.07) is 7.67. The molecule has 6 heteroatoms. The molecule has 2 heterocycles. The topological polar surface area (TPSA) is 72.3 Å². The average Bonchev–Trinajstić information content (AvgIpc) is 2.81. The van der Waals surface area contributed by atoms with Gasteiger partial charge >= 0.3 is 0 Å². The lowest BCUT2D eigenvalue weighted by Crippen LogP contribution is -2.34. The van der Waals surface area contributed by atoms with Gasteiger partial charge in [0.15, 0.2) is 0 Å². The lowest BCUT2D eigenvalue weighted by Gasteiger charge is -2.24. The molecular formula is C17H17N3O3. The number of benzene rings is 1. The van der Waals surface area contributed by atoms with Crippen molar-refractivity contribution in [1.29, 1.82) is 0 Å². The first-order valence-electron chi connectivity index (χ1n) is 7.49. The summed E-state index contributed by atoms with van der Waals surface area (Å²) in [5, 5.41) is 4.24. The van der Waals surface area contributed by atoms with Gasteiger partial charge in [0.25, 0.3) is 17.4 Å². The van der Waals surface area contributed by atoms with Crippen molar-refractivity contribution < 1.29 is 9.59 Å². The van der Waals surface area contributed by atoms with Crippen LogP contribution in [0.15, 0.2) is 35.1 Å². The van der Waals surface area contributed by atoms with Gasteiger partial charge in [-0.2, -0.15) is 5.10 Å². The smallest absolute Gasteiger partial charge is 0.266 e. The van der Waals surface area contributed by atoms with Gasteiger partial charge in [0.2, 0.25) is 0 Å². The van der Waals surface area contributed by atoms with Gasteiger partial charge in [0.1, 0.15) is 0 Å². The number of fused-ring (bicyclic) bond motifs is 1. The Morgan fingerprint density at radius 3 is 2.17 bits per heavy atom. The van der Waals surface area contributed by atoms with Crippen LogP contribution in [0.3, 0.4) is 0 Å². The number of rotatable bonds is 3. The van der Waals surface area contributed by atoms with Crippen molar-refractivity contribution in [2.24, 2.45) is 7.05 Å². The highest BCUT2D eigenvalue weighted by Gasteiger charge is 2.39. The van der Waals surface area contributed by atoms with Crippen molar-refractivity contribution in [2.75, 3.05) is 0 Å². The van der Waals surface area contributed by atoms with Gasteiger partial charge < -0.3 is 0 Å². The molecule has 1 aromatic carbocycles. The van der Waals surface area contributed by atoms with Crippen LogP contribution in [0.4, 0.5) is 0 Å². The summed E-state index contributed by atoms with van der Waals surface area (Å²) < 4.78 is 1.26. The van der Waals surface area contributed by atoms with Gasteiger partial charge in [0.05, 0.1) is 22.9 Å². The Balaban J connectivity index is 2.08. The van der Waals surface area contributed by atoms with Crippen molar-refractivity contribution in [3.63, 3.8) is 0 Å². The minimum atomic E-state index is -0.543. The van der Waals surface area contributed by atoms with Crippen LogP contribution in [0, 0.1) is 0 Å². The molecule has 0 bridgehead atoms. The summed E-state index contributed by atoms with van der Waals surface area (Å²) in [6.45, 7) is 3.67. The number of carbonyl (C=O) groups excluding carboxylic acids is 2. The van der Waals surface area contributed by atoms with Crippen LogP contribution in [0.5, 0.6) is 0 Å². The van der Waals surface area contributed by atoms with Gasteiger partial charge in [-0.05, 0) is 25.5 Å². The molecule has 0 N–H and O–H groups in total. The Labute approximate surface area is 133 Å². The zero-order chi connectivity index (χ0) is 16.7. The molecule has 0 fully saturated rings. The van der Waals surface area contributed by atoms with Crippen LogP contribution in [0.2, 0.25) is 0 Å². The van der Waals surface area contributed by atoms with E-state index >= 15 is 0 Å². The molecule has 1 aliphatic rings. The van der Waals surface area contributed by atoms with E-state index in [1.807, 2.05) is 6.92 Å². The summed E-state index contributed by atoms with van der Waals surface area (Å²) >= 11 is 0. The lowest BCUT2D eigenvalue weighted by atomic mass is 10.0. The Hall–Kier alpha value is -2.76. The molecule has 1 aliphatic heterocycles. The molecule has 0 spiro atoms. The Bertz CT molecular complexity index is 835. The number of nitrogens with zero attached hydrogens (tertiary/aromatic N) is 3. The maximum atomic E-state index is 12.6. The van der Waals surface area contributed by atoms with Gasteiger partial charge in [-0.15, -0.1) is 0 Å². The Morgan fingerprint density at radius 2 is 1.65 bits per heavy atom. The zero-order valence-electron chi connectivity index (χ0n) is 13.2. The predicted octanol–water partition coefficient (Wildman–Crippen LogP) is 1.70. The number of aromatic nitrogens is 2. The first kappa shape index (κ1) is 15.1. The fourth-order valence-electron chi connectivity index (χ4n) is 2.93. The Morgan fingerprint density at radius 1 is 1.09 bits per heavy atom. The van der Waals surface area contributed by atoms with Crippen molar-refractivity contribution >= 4 is 11.8 Å². The molecular weight excluding hydrogens is 294 g/mol. The molecule has 1 unspecified atom stereocenters. The van der Waals surface area contributed by atoms with Crippen LogP contribution in [0.1, 0.15) is 51.9 Å². The molecule has 118 valence electrons. The molecule has 6 nitrogen and oxygen atoms in total. The zero-order valence-corrected chi connectivity index (χ0v) is 13.2. The van der Waals surface area contributed by atoms with Crippen molar-refractivity contribution in [2.45, 2.75) is 26.3 Å². The molecule has 1 atom stereocenters. The largest absolute Gasteiger partial charge is 0.269 e. The fourth-order valence-corrected chi connectivity index (χ4v) is 2.93. The molecule has 23 heavy (non-hydrogen) atoms. The van der Waals surface area contributed by atoms with Gasteiger partial charge in [0, 0.05) is 18.7 Å². The van der Waals surface area contributed by atoms with E-state index in [1.165, 1.54) is 15.6 Å². The molecule has 0 saturated heterocycles. The van der Waals surface area contributed by atoms with Gasteiger partial charge in [-0.3, -0.25) is 19.3 Å². The Kier molecular flexibility index (Phi) is 3.60. The van der Waals surface area contributed by atoms with Crippen LogP contribution in [-0.4, -0.2) is 26.5 Å². The third-order valence-corrected chi connectivity index (χ3v) is 4.20. The van der Waals surface area contributed by atoms with E-state index < -0.39 is 6.04 Å². The third-order valence-electron chi connectivity index (χ3n) is 4.20. The highest BCUT2D eigenvalue weighted by Crippen LogP contribution is 2.31. The second-order valence-electron chi connectivity index (χ2n) is 5.56. The first-order valence-corrected chi connectivity index (χ1v) is 7.49. The molecule has 0 saturated carbocycles. The van der Waals surface area contributed by atoms with E-state index in [2.05, 4.69) is 5.10 Å². The maximum absolute atomic E-state index is 12.6. The van der Waals surface area contributed by atoms with Crippen molar-refractivity contribution in [3.8, 4) is 0 Å². The van der Waals surface area contributed by atoms with E-state index in [1.54, 1.807) is 38.2 Å². The highest BCUT2D eigenvalue weighted by molar-refractivity contribution is 6.21. The summed E-state index contributed by atoms with van der Waals surface area (Å²) in [5.41, 5.74) is 1.86. The predicted molar refractivity (Wildman–Crippen MR) is 84.2 cm³/mol. The van der Waals surface area contributed by atoms with Crippen LogP contribution in [0.25, 0.3) is 0 Å². The van der Waals surface area contributed by atoms with E-state index in [0.29, 0.717) is 28.8 Å². The quantitative estimate of drug-likeness (QED) is 0.809. The van der Waals surface area contributed by atoms with E-state index in [9.17, 15) is 14.4 Å². The maximum Gasteiger partial charge on any atom is 0.266 e. The van der Waals surface area contributed by atoms with Crippen LogP contribution < -0.4 is 5.56 Å². The average molecular weight is 311 g/mol. The number of carbonyl (C=O) groups is 2. The van der Waals surface area contributed by atoms with E-state index in [4.69, 9.17) is 0 Å². The molecule has 0 aliphatic carbocycles. The SMILES string of the molecule is CCc1nn(C)c(=O)cc1C(C)N1C(=O)c2ccccc2C1=O. The summed E-state index contributed by atoms with van der Waals surface area (Å²) in [7, 11) is 1.58. The minimum Gasteiger partial charge on any atom is -0.269 e. The minimum absolute atomic E-state index is 0.263. The summed E-state index contributed by atoms with van der Waals surface area (Å²) in [4.78, 5) is 38.3. The van der Waals surface area contributed by atoms with Gasteiger partial charge in [-0.1, -0.05) is 19.1 Å². The number of aryl methyl sites for hydroxylation is 2. The monoisotopic (exact) mass is 311 g/mol. The highest BCUT2D eigenvalue weighted by atomic mass is 16.2. The summed E-state index contributed by atoms with van der Waals surface area (Å²) in [5.74, 6) is -0.665. The number of hydrogen-bond acceptors (Lipinski definition) is 4. The number of imide groups is 1. The second kappa shape index (κ2) is 5.46. The van der Waals surface area contributed by atoms with Crippen molar-refractivity contribution in [1.82, 2.24) is 14.7 Å².